The highest BCUT2D eigenvalue weighted by atomic mass is 16.3. The second-order valence-corrected chi connectivity index (χ2v) is 6.31. The minimum Gasteiger partial charge on any atom is -0.454 e. The fourth-order valence-electron chi connectivity index (χ4n) is 3.06. The minimum absolute atomic E-state index is 0.146. The Kier molecular flexibility index (Phi) is 5.80. The first-order valence-electron chi connectivity index (χ1n) is 9.04. The van der Waals surface area contributed by atoms with Gasteiger partial charge in [-0.15, -0.1) is 0 Å². The molecule has 0 spiro atoms. The number of aromatic nitrogens is 1. The van der Waals surface area contributed by atoms with Crippen LogP contribution in [0.2, 0.25) is 0 Å². The van der Waals surface area contributed by atoms with Crippen LogP contribution in [0.15, 0.2) is 45.9 Å². The summed E-state index contributed by atoms with van der Waals surface area (Å²) in [7, 11) is 0. The molecule has 142 valence electrons. The number of carbonyl (C=O) groups is 1. The van der Waals surface area contributed by atoms with Crippen LogP contribution in [-0.2, 0) is 13.0 Å². The molecule has 5 N–H and O–H groups in total. The zero-order valence-corrected chi connectivity index (χ0v) is 15.6. The summed E-state index contributed by atoms with van der Waals surface area (Å²) in [6, 6.07) is 9.55. The second-order valence-electron chi connectivity index (χ2n) is 6.31. The topological polar surface area (TPSA) is 108 Å². The molecule has 0 bridgehead atoms. The van der Waals surface area contributed by atoms with E-state index < -0.39 is 5.91 Å². The summed E-state index contributed by atoms with van der Waals surface area (Å²) in [4.78, 5) is 18.9. The van der Waals surface area contributed by atoms with Crippen molar-refractivity contribution in [3.63, 3.8) is 0 Å². The molecule has 0 fully saturated rings. The molecular formula is C20H25N5O2. The van der Waals surface area contributed by atoms with Crippen molar-refractivity contribution in [1.29, 1.82) is 0 Å². The summed E-state index contributed by atoms with van der Waals surface area (Å²) in [5.41, 5.74) is 8.91. The minimum atomic E-state index is -0.579. The first-order valence-corrected chi connectivity index (χ1v) is 9.04. The van der Waals surface area contributed by atoms with E-state index in [0.29, 0.717) is 18.3 Å². The van der Waals surface area contributed by atoms with E-state index in [1.165, 1.54) is 16.5 Å². The SMILES string of the molecule is CCNC(=NCc1ccc(C(N)=O)o1)NCCc1c[nH]c2cccc(C)c12. The van der Waals surface area contributed by atoms with Crippen LogP contribution in [0.1, 0.15) is 34.4 Å². The summed E-state index contributed by atoms with van der Waals surface area (Å²) in [5, 5.41) is 7.83. The average molecular weight is 367 g/mol. The number of aliphatic imine (C=N–C) groups is 1. The molecule has 27 heavy (non-hydrogen) atoms. The van der Waals surface area contributed by atoms with E-state index in [9.17, 15) is 4.79 Å². The Morgan fingerprint density at radius 1 is 1.26 bits per heavy atom. The second kappa shape index (κ2) is 8.44. The van der Waals surface area contributed by atoms with Gasteiger partial charge >= 0.3 is 0 Å². The number of amides is 1. The lowest BCUT2D eigenvalue weighted by Crippen LogP contribution is -2.38. The molecule has 0 atom stereocenters. The molecule has 0 unspecified atom stereocenters. The van der Waals surface area contributed by atoms with Crippen molar-refractivity contribution in [1.82, 2.24) is 15.6 Å². The number of hydrogen-bond acceptors (Lipinski definition) is 3. The zero-order chi connectivity index (χ0) is 19.2. The van der Waals surface area contributed by atoms with E-state index in [4.69, 9.17) is 10.2 Å². The number of nitrogens with one attached hydrogen (secondary N) is 3. The summed E-state index contributed by atoms with van der Waals surface area (Å²) < 4.78 is 5.36. The summed E-state index contributed by atoms with van der Waals surface area (Å²) >= 11 is 0. The zero-order valence-electron chi connectivity index (χ0n) is 15.6. The van der Waals surface area contributed by atoms with Crippen LogP contribution >= 0.6 is 0 Å². The number of furan rings is 1. The molecule has 3 aromatic rings. The van der Waals surface area contributed by atoms with Gasteiger partial charge in [-0.3, -0.25) is 4.79 Å². The van der Waals surface area contributed by atoms with Crippen molar-refractivity contribution in [2.45, 2.75) is 26.8 Å². The predicted octanol–water partition coefficient (Wildman–Crippen LogP) is 2.47. The summed E-state index contributed by atoms with van der Waals surface area (Å²) in [5.74, 6) is 0.858. The van der Waals surface area contributed by atoms with E-state index in [-0.39, 0.29) is 5.76 Å². The molecule has 0 radical (unpaired) electrons. The van der Waals surface area contributed by atoms with Gasteiger partial charge in [-0.05, 0) is 49.6 Å². The highest BCUT2D eigenvalue weighted by Gasteiger charge is 2.08. The quantitative estimate of drug-likeness (QED) is 0.380. The first-order chi connectivity index (χ1) is 13.1. The molecule has 0 saturated heterocycles. The Morgan fingerprint density at radius 3 is 2.85 bits per heavy atom. The molecule has 7 heteroatoms. The highest BCUT2D eigenvalue weighted by Crippen LogP contribution is 2.22. The third-order valence-corrected chi connectivity index (χ3v) is 4.32. The number of fused-ring (bicyclic) bond motifs is 1. The van der Waals surface area contributed by atoms with Crippen molar-refractivity contribution in [2.75, 3.05) is 13.1 Å². The number of H-pyrrole nitrogens is 1. The van der Waals surface area contributed by atoms with Gasteiger partial charge in [0.2, 0.25) is 0 Å². The van der Waals surface area contributed by atoms with Crippen LogP contribution < -0.4 is 16.4 Å². The Hall–Kier alpha value is -3.22. The van der Waals surface area contributed by atoms with Crippen molar-refractivity contribution in [2.24, 2.45) is 10.7 Å². The first kappa shape index (κ1) is 18.6. The molecule has 0 aliphatic heterocycles. The van der Waals surface area contributed by atoms with Crippen molar-refractivity contribution < 1.29 is 9.21 Å². The Balaban J connectivity index is 1.61. The molecule has 3 rings (SSSR count). The monoisotopic (exact) mass is 367 g/mol. The fourth-order valence-corrected chi connectivity index (χ4v) is 3.06. The van der Waals surface area contributed by atoms with Gasteiger partial charge < -0.3 is 25.8 Å². The number of guanidine groups is 1. The van der Waals surface area contributed by atoms with Gasteiger partial charge in [0, 0.05) is 30.2 Å². The molecular weight excluding hydrogens is 342 g/mol. The fraction of sp³-hybridized carbons (Fsp3) is 0.300. The number of hydrogen-bond donors (Lipinski definition) is 4. The standard InChI is InChI=1S/C20H25N5O2/c1-3-22-20(25-12-15-7-8-17(27-15)19(21)26)23-10-9-14-11-24-16-6-4-5-13(2)18(14)16/h4-8,11,24H,3,9-10,12H2,1-2H3,(H2,21,26)(H2,22,23,25). The number of nitrogens with zero attached hydrogens (tertiary/aromatic N) is 1. The van der Waals surface area contributed by atoms with Gasteiger partial charge in [0.15, 0.2) is 11.7 Å². The molecule has 2 aromatic heterocycles. The van der Waals surface area contributed by atoms with Gasteiger partial charge in [-0.25, -0.2) is 4.99 Å². The number of primary amides is 1. The normalized spacial score (nSPS) is 11.7. The van der Waals surface area contributed by atoms with E-state index >= 15 is 0 Å². The molecule has 1 aromatic carbocycles. The lowest BCUT2D eigenvalue weighted by molar-refractivity contribution is 0.0972. The van der Waals surface area contributed by atoms with E-state index in [1.807, 2.05) is 6.92 Å². The van der Waals surface area contributed by atoms with Crippen LogP contribution in [0.5, 0.6) is 0 Å². The molecule has 0 saturated carbocycles. The maximum atomic E-state index is 11.1. The van der Waals surface area contributed by atoms with Gasteiger partial charge in [0.1, 0.15) is 12.3 Å². The van der Waals surface area contributed by atoms with E-state index in [2.05, 4.69) is 51.9 Å². The highest BCUT2D eigenvalue weighted by molar-refractivity contribution is 5.90. The van der Waals surface area contributed by atoms with Crippen LogP contribution in [0.4, 0.5) is 0 Å². The number of carbonyl (C=O) groups excluding carboxylic acids is 1. The molecule has 0 aliphatic carbocycles. The van der Waals surface area contributed by atoms with Gasteiger partial charge in [0.25, 0.3) is 5.91 Å². The molecule has 2 heterocycles. The number of aromatic amines is 1. The number of nitrogens with two attached hydrogens (primary N) is 1. The number of rotatable bonds is 7. The molecule has 1 amide bonds. The smallest absolute Gasteiger partial charge is 0.284 e. The Bertz CT molecular complexity index is 954. The van der Waals surface area contributed by atoms with Crippen LogP contribution in [0, 0.1) is 6.92 Å². The average Bonchev–Trinajstić information content (AvgIpc) is 3.28. The van der Waals surface area contributed by atoms with E-state index in [1.54, 1.807) is 12.1 Å². The Morgan fingerprint density at radius 2 is 2.11 bits per heavy atom. The van der Waals surface area contributed by atoms with Crippen molar-refractivity contribution >= 4 is 22.8 Å². The molecule has 0 aliphatic rings. The maximum absolute atomic E-state index is 11.1. The van der Waals surface area contributed by atoms with Gasteiger partial charge in [-0.1, -0.05) is 12.1 Å². The molecule has 7 nitrogen and oxygen atoms in total. The number of aryl methyl sites for hydroxylation is 1. The van der Waals surface area contributed by atoms with Gasteiger partial charge in [0.05, 0.1) is 0 Å². The predicted molar refractivity (Wildman–Crippen MR) is 107 cm³/mol. The number of benzene rings is 1. The lowest BCUT2D eigenvalue weighted by Gasteiger charge is -2.11. The van der Waals surface area contributed by atoms with Gasteiger partial charge in [-0.2, -0.15) is 0 Å². The maximum Gasteiger partial charge on any atom is 0.284 e. The third kappa shape index (κ3) is 4.49. The van der Waals surface area contributed by atoms with Crippen molar-refractivity contribution in [3.8, 4) is 0 Å². The van der Waals surface area contributed by atoms with Crippen LogP contribution in [0.3, 0.4) is 0 Å². The summed E-state index contributed by atoms with van der Waals surface area (Å²) in [6.07, 6.45) is 2.94. The van der Waals surface area contributed by atoms with E-state index in [0.717, 1.165) is 25.0 Å². The lowest BCUT2D eigenvalue weighted by atomic mass is 10.1. The van der Waals surface area contributed by atoms with Crippen LogP contribution in [-0.4, -0.2) is 29.9 Å². The van der Waals surface area contributed by atoms with Crippen LogP contribution in [0.25, 0.3) is 10.9 Å². The largest absolute Gasteiger partial charge is 0.454 e. The Labute approximate surface area is 158 Å². The van der Waals surface area contributed by atoms with Crippen molar-refractivity contribution in [3.05, 3.63) is 59.2 Å². The summed E-state index contributed by atoms with van der Waals surface area (Å²) in [6.45, 7) is 5.97. The third-order valence-electron chi connectivity index (χ3n) is 4.32.